The zero-order chi connectivity index (χ0) is 15.2. The molecule has 0 aliphatic carbocycles. The van der Waals surface area contributed by atoms with Crippen molar-refractivity contribution in [2.75, 3.05) is 20.3 Å². The van der Waals surface area contributed by atoms with Gasteiger partial charge < -0.3 is 15.2 Å². The summed E-state index contributed by atoms with van der Waals surface area (Å²) in [6.45, 7) is 2.10. The van der Waals surface area contributed by atoms with Crippen LogP contribution in [0.25, 0.3) is 0 Å². The Morgan fingerprint density at radius 1 is 1.40 bits per heavy atom. The number of hydrogen-bond acceptors (Lipinski definition) is 3. The topological polar surface area (TPSA) is 58.6 Å². The Hall–Kier alpha value is -0.810. The van der Waals surface area contributed by atoms with Crippen LogP contribution in [0.15, 0.2) is 18.2 Å². The van der Waals surface area contributed by atoms with E-state index in [-0.39, 0.29) is 18.9 Å². The molecule has 0 radical (unpaired) electrons. The Morgan fingerprint density at radius 2 is 2.00 bits per heavy atom. The van der Waals surface area contributed by atoms with Gasteiger partial charge in [-0.1, -0.05) is 29.3 Å². The van der Waals surface area contributed by atoms with Gasteiger partial charge in [0.15, 0.2) is 0 Å². The molecule has 0 saturated heterocycles. The number of carbonyl (C=O) groups excluding carboxylic acids is 1. The standard InChI is InChI=1S/C14H19Cl2NO3/c1-14(6-7-18,9-20-2)17-13(19)8-10-11(15)4-3-5-12(10)16/h3-5,18H,6-9H2,1-2H3,(H,17,19). The van der Waals surface area contributed by atoms with E-state index in [0.29, 0.717) is 28.6 Å². The summed E-state index contributed by atoms with van der Waals surface area (Å²) in [7, 11) is 1.55. The van der Waals surface area contributed by atoms with Crippen molar-refractivity contribution in [1.82, 2.24) is 5.32 Å². The number of amides is 1. The number of methoxy groups -OCH3 is 1. The average Bonchev–Trinajstić information content (AvgIpc) is 2.34. The maximum absolute atomic E-state index is 12.1. The maximum Gasteiger partial charge on any atom is 0.225 e. The molecule has 0 bridgehead atoms. The summed E-state index contributed by atoms with van der Waals surface area (Å²) < 4.78 is 5.08. The van der Waals surface area contributed by atoms with Gasteiger partial charge >= 0.3 is 0 Å². The first-order valence-corrected chi connectivity index (χ1v) is 7.01. The molecule has 0 aromatic heterocycles. The van der Waals surface area contributed by atoms with Crippen molar-refractivity contribution in [3.8, 4) is 0 Å². The first-order valence-electron chi connectivity index (χ1n) is 6.25. The average molecular weight is 320 g/mol. The van der Waals surface area contributed by atoms with Crippen LogP contribution in [0.1, 0.15) is 18.9 Å². The molecule has 4 nitrogen and oxygen atoms in total. The summed E-state index contributed by atoms with van der Waals surface area (Å²) in [5.41, 5.74) is -0.0222. The van der Waals surface area contributed by atoms with Gasteiger partial charge in [-0.15, -0.1) is 0 Å². The van der Waals surface area contributed by atoms with Crippen molar-refractivity contribution in [2.45, 2.75) is 25.3 Å². The smallest absolute Gasteiger partial charge is 0.225 e. The molecule has 0 aliphatic heterocycles. The molecular weight excluding hydrogens is 301 g/mol. The van der Waals surface area contributed by atoms with Gasteiger partial charge in [-0.2, -0.15) is 0 Å². The van der Waals surface area contributed by atoms with Crippen molar-refractivity contribution in [3.63, 3.8) is 0 Å². The lowest BCUT2D eigenvalue weighted by Gasteiger charge is -2.29. The van der Waals surface area contributed by atoms with E-state index in [1.807, 2.05) is 6.92 Å². The highest BCUT2D eigenvalue weighted by Gasteiger charge is 2.26. The number of hydrogen-bond donors (Lipinski definition) is 2. The summed E-state index contributed by atoms with van der Waals surface area (Å²) in [6.07, 6.45) is 0.492. The van der Waals surface area contributed by atoms with Gasteiger partial charge in [-0.25, -0.2) is 0 Å². The van der Waals surface area contributed by atoms with Crippen LogP contribution in [0.3, 0.4) is 0 Å². The number of ether oxygens (including phenoxy) is 1. The Balaban J connectivity index is 2.76. The van der Waals surface area contributed by atoms with Crippen molar-refractivity contribution >= 4 is 29.1 Å². The number of carbonyl (C=O) groups is 1. The first kappa shape index (κ1) is 17.2. The van der Waals surface area contributed by atoms with Crippen LogP contribution in [0.4, 0.5) is 0 Å². The van der Waals surface area contributed by atoms with Crippen LogP contribution in [0.2, 0.25) is 10.0 Å². The van der Waals surface area contributed by atoms with Crippen LogP contribution in [-0.2, 0) is 16.0 Å². The Morgan fingerprint density at radius 3 is 2.50 bits per heavy atom. The van der Waals surface area contributed by atoms with Crippen LogP contribution < -0.4 is 5.32 Å². The molecule has 0 spiro atoms. The number of benzene rings is 1. The van der Waals surface area contributed by atoms with Crippen molar-refractivity contribution in [2.24, 2.45) is 0 Å². The van der Waals surface area contributed by atoms with E-state index in [4.69, 9.17) is 33.0 Å². The maximum atomic E-state index is 12.1. The highest BCUT2D eigenvalue weighted by Crippen LogP contribution is 2.25. The van der Waals surface area contributed by atoms with Crippen LogP contribution in [0.5, 0.6) is 0 Å². The third kappa shape index (κ3) is 4.94. The van der Waals surface area contributed by atoms with E-state index < -0.39 is 5.54 Å². The summed E-state index contributed by atoms with van der Waals surface area (Å²) in [5, 5.41) is 12.8. The van der Waals surface area contributed by atoms with Crippen molar-refractivity contribution in [1.29, 1.82) is 0 Å². The molecule has 1 aromatic rings. The second-order valence-corrected chi connectivity index (χ2v) is 5.71. The molecule has 2 N–H and O–H groups in total. The molecule has 1 aromatic carbocycles. The van der Waals surface area contributed by atoms with Gasteiger partial charge in [0, 0.05) is 23.8 Å². The van der Waals surface area contributed by atoms with Crippen LogP contribution >= 0.6 is 23.2 Å². The van der Waals surface area contributed by atoms with Crippen LogP contribution in [-0.4, -0.2) is 36.9 Å². The van der Waals surface area contributed by atoms with Crippen molar-refractivity contribution < 1.29 is 14.6 Å². The molecule has 0 aliphatic rings. The van der Waals surface area contributed by atoms with E-state index in [0.717, 1.165) is 0 Å². The van der Waals surface area contributed by atoms with E-state index >= 15 is 0 Å². The number of aliphatic hydroxyl groups is 1. The predicted molar refractivity (Wildman–Crippen MR) is 80.3 cm³/mol. The van der Waals surface area contributed by atoms with E-state index in [9.17, 15) is 4.79 Å². The fourth-order valence-corrected chi connectivity index (χ4v) is 2.51. The third-order valence-corrected chi connectivity index (χ3v) is 3.67. The lowest BCUT2D eigenvalue weighted by atomic mass is 9.98. The molecule has 20 heavy (non-hydrogen) atoms. The quantitative estimate of drug-likeness (QED) is 0.811. The summed E-state index contributed by atoms with van der Waals surface area (Å²) in [5.74, 6) is -0.215. The molecule has 0 heterocycles. The number of rotatable bonds is 7. The molecule has 1 atom stereocenters. The van der Waals surface area contributed by atoms with Gasteiger partial charge in [0.05, 0.1) is 18.6 Å². The minimum atomic E-state index is -0.617. The van der Waals surface area contributed by atoms with Gasteiger partial charge in [0.2, 0.25) is 5.91 Å². The number of nitrogens with one attached hydrogen (secondary N) is 1. The second kappa shape index (κ2) is 7.84. The lowest BCUT2D eigenvalue weighted by Crippen LogP contribution is -2.50. The largest absolute Gasteiger partial charge is 0.396 e. The highest BCUT2D eigenvalue weighted by molar-refractivity contribution is 6.36. The normalized spacial score (nSPS) is 13.8. The minimum Gasteiger partial charge on any atom is -0.396 e. The van der Waals surface area contributed by atoms with E-state index in [2.05, 4.69) is 5.32 Å². The molecular formula is C14H19Cl2NO3. The Kier molecular flexibility index (Phi) is 6.76. The first-order chi connectivity index (χ1) is 9.41. The SMILES string of the molecule is COCC(C)(CCO)NC(=O)Cc1c(Cl)cccc1Cl. The molecule has 1 rings (SSSR count). The predicted octanol–water partition coefficient (Wildman–Crippen LogP) is 2.44. The third-order valence-electron chi connectivity index (χ3n) is 2.97. The van der Waals surface area contributed by atoms with E-state index in [1.54, 1.807) is 25.3 Å². The fourth-order valence-electron chi connectivity index (χ4n) is 1.98. The van der Waals surface area contributed by atoms with Crippen LogP contribution in [0, 0.1) is 0 Å². The second-order valence-electron chi connectivity index (χ2n) is 4.89. The molecule has 1 amide bonds. The van der Waals surface area contributed by atoms with E-state index in [1.165, 1.54) is 0 Å². The fraction of sp³-hybridized carbons (Fsp3) is 0.500. The zero-order valence-corrected chi connectivity index (χ0v) is 13.1. The monoisotopic (exact) mass is 319 g/mol. The summed E-state index contributed by atoms with van der Waals surface area (Å²) in [4.78, 5) is 12.1. The lowest BCUT2D eigenvalue weighted by molar-refractivity contribution is -0.123. The Labute approximate surface area is 129 Å². The molecule has 1 unspecified atom stereocenters. The van der Waals surface area contributed by atoms with Gasteiger partial charge in [0.1, 0.15) is 0 Å². The highest BCUT2D eigenvalue weighted by atomic mass is 35.5. The van der Waals surface area contributed by atoms with Crippen molar-refractivity contribution in [3.05, 3.63) is 33.8 Å². The van der Waals surface area contributed by atoms with Gasteiger partial charge in [-0.05, 0) is 31.0 Å². The molecule has 0 saturated carbocycles. The number of aliphatic hydroxyl groups excluding tert-OH is 1. The molecule has 0 fully saturated rings. The Bertz CT molecular complexity index is 439. The zero-order valence-electron chi connectivity index (χ0n) is 11.6. The summed E-state index contributed by atoms with van der Waals surface area (Å²) >= 11 is 12.1. The number of halogens is 2. The molecule has 6 heteroatoms. The summed E-state index contributed by atoms with van der Waals surface area (Å²) in [6, 6.07) is 5.11. The minimum absolute atomic E-state index is 0.0347. The molecule has 112 valence electrons. The van der Waals surface area contributed by atoms with Gasteiger partial charge in [-0.3, -0.25) is 4.79 Å². The van der Waals surface area contributed by atoms with Gasteiger partial charge in [0.25, 0.3) is 0 Å².